The number of nitrogens with zero attached hydrogens (tertiary/aromatic N) is 5. The molecular weight excluding hydrogens is 240 g/mol. The van der Waals surface area contributed by atoms with E-state index < -0.39 is 0 Å². The topological polar surface area (TPSA) is 72.9 Å². The lowest BCUT2D eigenvalue weighted by Gasteiger charge is -2.18. The van der Waals surface area contributed by atoms with Crippen LogP contribution in [0.15, 0.2) is 24.9 Å². The first-order valence-corrected chi connectivity index (χ1v) is 6.41. The minimum atomic E-state index is 0.0799. The molecule has 6 nitrogen and oxygen atoms in total. The Kier molecular flexibility index (Phi) is 2.94. The van der Waals surface area contributed by atoms with Gasteiger partial charge in [0.2, 0.25) is 0 Å². The van der Waals surface area contributed by atoms with Gasteiger partial charge in [-0.3, -0.25) is 4.98 Å². The summed E-state index contributed by atoms with van der Waals surface area (Å²) < 4.78 is 1.96. The summed E-state index contributed by atoms with van der Waals surface area (Å²) in [6, 6.07) is 0.0799. The van der Waals surface area contributed by atoms with Crippen molar-refractivity contribution in [3.05, 3.63) is 36.3 Å². The van der Waals surface area contributed by atoms with Crippen molar-refractivity contribution in [2.75, 3.05) is 18.0 Å². The van der Waals surface area contributed by atoms with Crippen LogP contribution in [0.5, 0.6) is 0 Å². The summed E-state index contributed by atoms with van der Waals surface area (Å²) in [6.07, 6.45) is 7.29. The molecule has 1 saturated heterocycles. The van der Waals surface area contributed by atoms with E-state index >= 15 is 0 Å². The molecule has 6 heteroatoms. The Morgan fingerprint density at radius 3 is 2.68 bits per heavy atom. The summed E-state index contributed by atoms with van der Waals surface area (Å²) in [4.78, 5) is 15.3. The van der Waals surface area contributed by atoms with Gasteiger partial charge in [0, 0.05) is 50.7 Å². The monoisotopic (exact) mass is 258 g/mol. The van der Waals surface area contributed by atoms with Gasteiger partial charge in [0.1, 0.15) is 5.82 Å². The number of aryl methyl sites for hydroxylation is 2. The summed E-state index contributed by atoms with van der Waals surface area (Å²) in [5.41, 5.74) is 8.25. The molecule has 19 heavy (non-hydrogen) atoms. The molecule has 0 aliphatic carbocycles. The van der Waals surface area contributed by atoms with Crippen LogP contribution in [0.3, 0.4) is 0 Å². The second-order valence-electron chi connectivity index (χ2n) is 5.10. The van der Waals surface area contributed by atoms with Gasteiger partial charge in [-0.05, 0) is 6.92 Å². The maximum absolute atomic E-state index is 6.26. The highest BCUT2D eigenvalue weighted by Crippen LogP contribution is 2.29. The van der Waals surface area contributed by atoms with E-state index in [1.165, 1.54) is 0 Å². The minimum absolute atomic E-state index is 0.0799. The van der Waals surface area contributed by atoms with Crippen LogP contribution in [0, 0.1) is 6.92 Å². The van der Waals surface area contributed by atoms with Crippen LogP contribution in [-0.2, 0) is 7.05 Å². The Hall–Kier alpha value is -1.95. The second kappa shape index (κ2) is 4.62. The highest BCUT2D eigenvalue weighted by Gasteiger charge is 2.34. The smallest absolute Gasteiger partial charge is 0.150 e. The van der Waals surface area contributed by atoms with Crippen LogP contribution in [-0.4, -0.2) is 38.7 Å². The van der Waals surface area contributed by atoms with Gasteiger partial charge in [-0.2, -0.15) is 0 Å². The van der Waals surface area contributed by atoms with Crippen LogP contribution in [0.4, 0.5) is 5.82 Å². The van der Waals surface area contributed by atoms with E-state index in [1.54, 1.807) is 12.4 Å². The molecule has 0 amide bonds. The number of hydrogen-bond acceptors (Lipinski definition) is 5. The molecule has 0 spiro atoms. The Balaban J connectivity index is 1.84. The molecule has 0 aromatic carbocycles. The molecule has 3 rings (SSSR count). The predicted octanol–water partition coefficient (Wildman–Crippen LogP) is 0.450. The molecule has 3 heterocycles. The highest BCUT2D eigenvalue weighted by molar-refractivity contribution is 5.45. The van der Waals surface area contributed by atoms with Crippen molar-refractivity contribution in [3.8, 4) is 0 Å². The maximum Gasteiger partial charge on any atom is 0.150 e. The Bertz CT molecular complexity index is 578. The van der Waals surface area contributed by atoms with E-state index in [9.17, 15) is 0 Å². The molecule has 0 radical (unpaired) electrons. The molecule has 0 unspecified atom stereocenters. The van der Waals surface area contributed by atoms with Crippen molar-refractivity contribution in [1.82, 2.24) is 19.5 Å². The van der Waals surface area contributed by atoms with Crippen molar-refractivity contribution < 1.29 is 0 Å². The van der Waals surface area contributed by atoms with Crippen LogP contribution in [0.25, 0.3) is 0 Å². The van der Waals surface area contributed by atoms with Crippen molar-refractivity contribution in [1.29, 1.82) is 0 Å². The van der Waals surface area contributed by atoms with E-state index in [2.05, 4.69) is 19.9 Å². The van der Waals surface area contributed by atoms with Gasteiger partial charge in [0.15, 0.2) is 0 Å². The standard InChI is InChI=1S/C13H18N6/c1-9-13(16-4-3-15-9)19-5-10(11(14)6-19)12-7-18(2)8-17-12/h3-4,7-8,10-11H,5-6,14H2,1-2H3/t10-,11-/m1/s1. The molecule has 1 fully saturated rings. The average Bonchev–Trinajstić information content (AvgIpc) is 2.96. The lowest BCUT2D eigenvalue weighted by molar-refractivity contribution is 0.639. The maximum atomic E-state index is 6.26. The molecule has 2 N–H and O–H groups in total. The molecule has 2 aromatic rings. The number of aromatic nitrogens is 4. The minimum Gasteiger partial charge on any atom is -0.353 e. The third kappa shape index (κ3) is 2.19. The van der Waals surface area contributed by atoms with Crippen LogP contribution in [0.2, 0.25) is 0 Å². The van der Waals surface area contributed by atoms with Crippen molar-refractivity contribution >= 4 is 5.82 Å². The van der Waals surface area contributed by atoms with Gasteiger partial charge < -0.3 is 15.2 Å². The van der Waals surface area contributed by atoms with Gasteiger partial charge in [-0.15, -0.1) is 0 Å². The molecule has 0 saturated carbocycles. The lowest BCUT2D eigenvalue weighted by atomic mass is 10.0. The average molecular weight is 258 g/mol. The van der Waals surface area contributed by atoms with Crippen molar-refractivity contribution in [2.45, 2.75) is 18.9 Å². The first-order valence-electron chi connectivity index (χ1n) is 6.41. The molecule has 1 aliphatic heterocycles. The van der Waals surface area contributed by atoms with Gasteiger partial charge in [-0.1, -0.05) is 0 Å². The first kappa shape index (κ1) is 12.1. The third-order valence-corrected chi connectivity index (χ3v) is 3.62. The zero-order valence-corrected chi connectivity index (χ0v) is 11.2. The summed E-state index contributed by atoms with van der Waals surface area (Å²) in [5, 5.41) is 0. The lowest BCUT2D eigenvalue weighted by Crippen LogP contribution is -2.29. The first-order chi connectivity index (χ1) is 9.15. The van der Waals surface area contributed by atoms with Crippen LogP contribution < -0.4 is 10.6 Å². The van der Waals surface area contributed by atoms with Gasteiger partial charge in [0.25, 0.3) is 0 Å². The number of hydrogen-bond donors (Lipinski definition) is 1. The van der Waals surface area contributed by atoms with Gasteiger partial charge in [0.05, 0.1) is 17.7 Å². The van der Waals surface area contributed by atoms with Crippen molar-refractivity contribution in [3.63, 3.8) is 0 Å². The predicted molar refractivity (Wildman–Crippen MR) is 72.9 cm³/mol. The van der Waals surface area contributed by atoms with Crippen LogP contribution >= 0.6 is 0 Å². The molecule has 2 atom stereocenters. The Morgan fingerprint density at radius 1 is 1.21 bits per heavy atom. The number of anilines is 1. The number of imidazole rings is 1. The van der Waals surface area contributed by atoms with E-state index in [1.807, 2.05) is 31.1 Å². The molecule has 0 bridgehead atoms. The Morgan fingerprint density at radius 2 is 2.00 bits per heavy atom. The fraction of sp³-hybridized carbons (Fsp3) is 0.462. The quantitative estimate of drug-likeness (QED) is 0.846. The molecule has 2 aromatic heterocycles. The second-order valence-corrected chi connectivity index (χ2v) is 5.10. The fourth-order valence-corrected chi connectivity index (χ4v) is 2.65. The zero-order chi connectivity index (χ0) is 13.4. The van der Waals surface area contributed by atoms with Crippen LogP contribution in [0.1, 0.15) is 17.3 Å². The largest absolute Gasteiger partial charge is 0.353 e. The molecule has 1 aliphatic rings. The summed E-state index contributed by atoms with van der Waals surface area (Å²) >= 11 is 0. The normalized spacial score (nSPS) is 23.0. The molecular formula is C13H18N6. The summed E-state index contributed by atoms with van der Waals surface area (Å²) in [5.74, 6) is 1.18. The Labute approximate surface area is 112 Å². The summed E-state index contributed by atoms with van der Waals surface area (Å²) in [7, 11) is 1.97. The van der Waals surface area contributed by atoms with E-state index in [0.717, 1.165) is 30.3 Å². The SMILES string of the molecule is Cc1nccnc1N1C[C@@H](N)[C@H](c2cn(C)cn2)C1. The van der Waals surface area contributed by atoms with Gasteiger partial charge in [-0.25, -0.2) is 9.97 Å². The fourth-order valence-electron chi connectivity index (χ4n) is 2.65. The highest BCUT2D eigenvalue weighted by atomic mass is 15.2. The van der Waals surface area contributed by atoms with Gasteiger partial charge >= 0.3 is 0 Å². The van der Waals surface area contributed by atoms with E-state index in [4.69, 9.17) is 5.73 Å². The zero-order valence-electron chi connectivity index (χ0n) is 11.2. The van der Waals surface area contributed by atoms with E-state index in [0.29, 0.717) is 0 Å². The van der Waals surface area contributed by atoms with E-state index in [-0.39, 0.29) is 12.0 Å². The molecule has 100 valence electrons. The number of nitrogens with two attached hydrogens (primary N) is 1. The van der Waals surface area contributed by atoms with Crippen molar-refractivity contribution in [2.24, 2.45) is 12.8 Å². The summed E-state index contributed by atoms with van der Waals surface area (Å²) in [6.45, 7) is 3.61. The third-order valence-electron chi connectivity index (χ3n) is 3.62. The number of rotatable bonds is 2.